The SMILES string of the molecule is Cc1ccc2nc(-c3ccccc3)c(C(F)(F)F)c(=O)n2c1. The van der Waals surface area contributed by atoms with E-state index >= 15 is 0 Å². The number of hydrogen-bond acceptors (Lipinski definition) is 2. The van der Waals surface area contributed by atoms with E-state index in [4.69, 9.17) is 0 Å². The molecule has 1 aromatic carbocycles. The molecule has 0 aliphatic heterocycles. The summed E-state index contributed by atoms with van der Waals surface area (Å²) in [6, 6.07) is 11.1. The number of pyridine rings is 1. The zero-order valence-corrected chi connectivity index (χ0v) is 11.6. The van der Waals surface area contributed by atoms with E-state index in [1.54, 1.807) is 31.2 Å². The van der Waals surface area contributed by atoms with E-state index in [1.807, 2.05) is 0 Å². The molecule has 3 aromatic rings. The molecule has 0 amide bonds. The van der Waals surface area contributed by atoms with E-state index in [0.29, 0.717) is 5.56 Å². The first kappa shape index (κ1) is 14.3. The summed E-state index contributed by atoms with van der Waals surface area (Å²) < 4.78 is 41.0. The minimum atomic E-state index is -4.78. The Morgan fingerprint density at radius 1 is 1.05 bits per heavy atom. The maximum Gasteiger partial charge on any atom is 0.423 e. The molecule has 22 heavy (non-hydrogen) atoms. The van der Waals surface area contributed by atoms with E-state index < -0.39 is 17.3 Å². The number of halogens is 3. The van der Waals surface area contributed by atoms with Gasteiger partial charge in [0.15, 0.2) is 0 Å². The molecule has 0 aliphatic carbocycles. The predicted octanol–water partition coefficient (Wildman–Crippen LogP) is 3.69. The van der Waals surface area contributed by atoms with Crippen LogP contribution in [-0.2, 0) is 6.18 Å². The Morgan fingerprint density at radius 2 is 1.73 bits per heavy atom. The zero-order valence-electron chi connectivity index (χ0n) is 11.6. The van der Waals surface area contributed by atoms with Gasteiger partial charge in [-0.05, 0) is 18.6 Å². The van der Waals surface area contributed by atoms with Gasteiger partial charge in [0.05, 0.1) is 5.69 Å². The van der Waals surface area contributed by atoms with E-state index in [1.165, 1.54) is 24.4 Å². The van der Waals surface area contributed by atoms with Crippen LogP contribution in [0.15, 0.2) is 53.5 Å². The van der Waals surface area contributed by atoms with Gasteiger partial charge in [-0.15, -0.1) is 0 Å². The molecule has 0 atom stereocenters. The molecule has 0 bridgehead atoms. The standard InChI is InChI=1S/C16H11F3N2O/c1-10-7-8-12-20-14(11-5-3-2-4-6-11)13(16(17,18)19)15(22)21(12)9-10/h2-9H,1H3. The summed E-state index contributed by atoms with van der Waals surface area (Å²) in [5.74, 6) is 0. The van der Waals surface area contributed by atoms with Crippen LogP contribution >= 0.6 is 0 Å². The monoisotopic (exact) mass is 304 g/mol. The van der Waals surface area contributed by atoms with Crippen molar-refractivity contribution in [3.8, 4) is 11.3 Å². The average molecular weight is 304 g/mol. The van der Waals surface area contributed by atoms with Crippen molar-refractivity contribution in [3.05, 3.63) is 70.1 Å². The topological polar surface area (TPSA) is 34.4 Å². The van der Waals surface area contributed by atoms with Gasteiger partial charge in [-0.25, -0.2) is 4.98 Å². The van der Waals surface area contributed by atoms with Crippen molar-refractivity contribution in [1.82, 2.24) is 9.38 Å². The van der Waals surface area contributed by atoms with E-state index in [2.05, 4.69) is 4.98 Å². The highest BCUT2D eigenvalue weighted by molar-refractivity contribution is 5.66. The molecule has 6 heteroatoms. The molecular weight excluding hydrogens is 293 g/mol. The normalized spacial score (nSPS) is 11.8. The predicted molar refractivity (Wildman–Crippen MR) is 76.6 cm³/mol. The molecule has 2 aromatic heterocycles. The fourth-order valence-electron chi connectivity index (χ4n) is 2.31. The van der Waals surface area contributed by atoms with Gasteiger partial charge >= 0.3 is 6.18 Å². The van der Waals surface area contributed by atoms with Gasteiger partial charge in [-0.3, -0.25) is 9.20 Å². The fraction of sp³-hybridized carbons (Fsp3) is 0.125. The first-order chi connectivity index (χ1) is 10.4. The number of nitrogens with zero attached hydrogens (tertiary/aromatic N) is 2. The Bertz CT molecular complexity index is 899. The van der Waals surface area contributed by atoms with Crippen LogP contribution in [0.5, 0.6) is 0 Å². The number of fused-ring (bicyclic) bond motifs is 1. The minimum Gasteiger partial charge on any atom is -0.268 e. The highest BCUT2D eigenvalue weighted by Crippen LogP contribution is 2.33. The largest absolute Gasteiger partial charge is 0.423 e. The second-order valence-electron chi connectivity index (χ2n) is 4.94. The second kappa shape index (κ2) is 4.98. The van der Waals surface area contributed by atoms with Crippen LogP contribution < -0.4 is 5.56 Å². The molecule has 0 fully saturated rings. The number of hydrogen-bond donors (Lipinski definition) is 0. The maximum atomic E-state index is 13.4. The van der Waals surface area contributed by atoms with Gasteiger partial charge in [0.2, 0.25) is 0 Å². The third-order valence-corrected chi connectivity index (χ3v) is 3.30. The Morgan fingerprint density at radius 3 is 2.36 bits per heavy atom. The van der Waals surface area contributed by atoms with Crippen LogP contribution in [0.4, 0.5) is 13.2 Å². The Balaban J connectivity index is 2.46. The van der Waals surface area contributed by atoms with Crippen LogP contribution in [0.3, 0.4) is 0 Å². The molecule has 2 heterocycles. The molecule has 3 nitrogen and oxygen atoms in total. The smallest absolute Gasteiger partial charge is 0.268 e. The lowest BCUT2D eigenvalue weighted by Gasteiger charge is -2.13. The summed E-state index contributed by atoms with van der Waals surface area (Å²) in [5, 5.41) is 0. The van der Waals surface area contributed by atoms with Crippen molar-refractivity contribution in [1.29, 1.82) is 0 Å². The zero-order chi connectivity index (χ0) is 15.9. The van der Waals surface area contributed by atoms with Gasteiger partial charge in [0.1, 0.15) is 11.2 Å². The van der Waals surface area contributed by atoms with Crippen LogP contribution in [-0.4, -0.2) is 9.38 Å². The van der Waals surface area contributed by atoms with Gasteiger partial charge in [0.25, 0.3) is 5.56 Å². The lowest BCUT2D eigenvalue weighted by molar-refractivity contribution is -0.138. The van der Waals surface area contributed by atoms with Gasteiger partial charge in [-0.1, -0.05) is 36.4 Å². The van der Waals surface area contributed by atoms with Crippen LogP contribution in [0, 0.1) is 6.92 Å². The molecule has 0 saturated heterocycles. The quantitative estimate of drug-likeness (QED) is 0.687. The molecule has 0 spiro atoms. The maximum absolute atomic E-state index is 13.4. The van der Waals surface area contributed by atoms with Crippen molar-refractivity contribution < 1.29 is 13.2 Å². The van der Waals surface area contributed by atoms with E-state index in [9.17, 15) is 18.0 Å². The third kappa shape index (κ3) is 2.36. The Labute approximate surface area is 123 Å². The molecule has 0 N–H and O–H groups in total. The summed E-state index contributed by atoms with van der Waals surface area (Å²) >= 11 is 0. The summed E-state index contributed by atoms with van der Waals surface area (Å²) in [6.45, 7) is 1.70. The van der Waals surface area contributed by atoms with Gasteiger partial charge in [0, 0.05) is 11.8 Å². The van der Waals surface area contributed by atoms with Crippen molar-refractivity contribution in [2.45, 2.75) is 13.1 Å². The second-order valence-corrected chi connectivity index (χ2v) is 4.94. The molecule has 112 valence electrons. The van der Waals surface area contributed by atoms with Crippen LogP contribution in [0.2, 0.25) is 0 Å². The lowest BCUT2D eigenvalue weighted by Crippen LogP contribution is -2.27. The molecule has 3 rings (SSSR count). The number of benzene rings is 1. The summed E-state index contributed by atoms with van der Waals surface area (Å²) in [6.07, 6.45) is -3.42. The average Bonchev–Trinajstić information content (AvgIpc) is 2.47. The molecule has 0 aliphatic rings. The number of alkyl halides is 3. The molecular formula is C16H11F3N2O. The van der Waals surface area contributed by atoms with Gasteiger partial charge < -0.3 is 0 Å². The Kier molecular flexibility index (Phi) is 3.24. The van der Waals surface area contributed by atoms with E-state index in [0.717, 1.165) is 4.40 Å². The summed E-state index contributed by atoms with van der Waals surface area (Å²) in [4.78, 5) is 16.4. The van der Waals surface area contributed by atoms with Crippen LogP contribution in [0.1, 0.15) is 11.1 Å². The number of aromatic nitrogens is 2. The lowest BCUT2D eigenvalue weighted by atomic mass is 10.1. The van der Waals surface area contributed by atoms with Crippen molar-refractivity contribution in [3.63, 3.8) is 0 Å². The van der Waals surface area contributed by atoms with Crippen LogP contribution in [0.25, 0.3) is 16.9 Å². The summed E-state index contributed by atoms with van der Waals surface area (Å²) in [7, 11) is 0. The third-order valence-electron chi connectivity index (χ3n) is 3.30. The highest BCUT2D eigenvalue weighted by atomic mass is 19.4. The first-order valence-corrected chi connectivity index (χ1v) is 6.53. The Hall–Kier alpha value is -2.63. The highest BCUT2D eigenvalue weighted by Gasteiger charge is 2.38. The van der Waals surface area contributed by atoms with Crippen molar-refractivity contribution in [2.24, 2.45) is 0 Å². The first-order valence-electron chi connectivity index (χ1n) is 6.53. The van der Waals surface area contributed by atoms with Gasteiger partial charge in [-0.2, -0.15) is 13.2 Å². The number of aryl methyl sites for hydroxylation is 1. The molecule has 0 unspecified atom stereocenters. The minimum absolute atomic E-state index is 0.183. The van der Waals surface area contributed by atoms with Crippen molar-refractivity contribution in [2.75, 3.05) is 0 Å². The molecule has 0 saturated carbocycles. The fourth-order valence-corrected chi connectivity index (χ4v) is 2.31. The van der Waals surface area contributed by atoms with E-state index in [-0.39, 0.29) is 16.9 Å². The molecule has 0 radical (unpaired) electrons. The van der Waals surface area contributed by atoms with Crippen molar-refractivity contribution >= 4 is 5.65 Å². The summed E-state index contributed by atoms with van der Waals surface area (Å²) in [5.41, 5.74) is -1.58. The number of rotatable bonds is 1.